The molecule has 0 spiro atoms. The molecule has 1 amide bonds. The van der Waals surface area contributed by atoms with Gasteiger partial charge in [0.15, 0.2) is 0 Å². The summed E-state index contributed by atoms with van der Waals surface area (Å²) in [6, 6.07) is -0.632. The van der Waals surface area contributed by atoms with Gasteiger partial charge < -0.3 is 20.3 Å². The number of esters is 1. The van der Waals surface area contributed by atoms with Gasteiger partial charge in [-0.15, -0.1) is 0 Å². The van der Waals surface area contributed by atoms with Crippen molar-refractivity contribution in [1.82, 2.24) is 5.32 Å². The minimum atomic E-state index is -0.848. The predicted octanol–water partition coefficient (Wildman–Crippen LogP) is 22.3. The van der Waals surface area contributed by atoms with Crippen molar-refractivity contribution in [2.75, 3.05) is 13.2 Å². The van der Waals surface area contributed by atoms with Crippen LogP contribution in [0.3, 0.4) is 0 Å². The van der Waals surface area contributed by atoms with Crippen molar-refractivity contribution >= 4 is 11.9 Å². The molecule has 6 heteroatoms. The minimum absolute atomic E-state index is 0.00168. The summed E-state index contributed by atoms with van der Waals surface area (Å²) in [4.78, 5) is 24.6. The molecule has 0 aromatic carbocycles. The molecule has 0 radical (unpaired) electrons. The Labute approximate surface area is 481 Å². The van der Waals surface area contributed by atoms with Crippen molar-refractivity contribution in [3.8, 4) is 0 Å². The molecule has 0 rings (SSSR count). The van der Waals surface area contributed by atoms with Gasteiger partial charge >= 0.3 is 5.97 Å². The van der Waals surface area contributed by atoms with Crippen LogP contribution in [0.1, 0.15) is 380 Å². The molecule has 0 fully saturated rings. The normalized spacial score (nSPS) is 12.7. The molecule has 0 bridgehead atoms. The third-order valence-electron chi connectivity index (χ3n) is 16.2. The monoisotopic (exact) mass is 1080 g/mol. The molecule has 2 atom stereocenters. The van der Waals surface area contributed by atoms with Crippen molar-refractivity contribution in [1.29, 1.82) is 0 Å². The van der Waals surface area contributed by atoms with E-state index >= 15 is 0 Å². The van der Waals surface area contributed by atoms with Gasteiger partial charge in [-0.05, 0) is 64.2 Å². The summed E-state index contributed by atoms with van der Waals surface area (Å²) in [7, 11) is 0. The fraction of sp³-hybridized carbons (Fsp3) is 0.887. The second-order valence-electron chi connectivity index (χ2n) is 23.9. The van der Waals surface area contributed by atoms with Crippen LogP contribution in [-0.2, 0) is 14.3 Å². The van der Waals surface area contributed by atoms with Gasteiger partial charge in [-0.2, -0.15) is 0 Å². The molecule has 0 saturated heterocycles. The highest BCUT2D eigenvalue weighted by atomic mass is 16.5. The van der Waals surface area contributed by atoms with Crippen LogP contribution in [0, 0.1) is 0 Å². The van der Waals surface area contributed by atoms with Crippen LogP contribution < -0.4 is 5.32 Å². The van der Waals surface area contributed by atoms with E-state index in [2.05, 4.69) is 43.5 Å². The number of hydrogen-bond acceptors (Lipinski definition) is 5. The zero-order chi connectivity index (χ0) is 55.7. The number of carbonyl (C=O) groups excluding carboxylic acids is 2. The number of allylic oxidation sites excluding steroid dienone is 5. The molecule has 0 saturated carbocycles. The van der Waals surface area contributed by atoms with Crippen LogP contribution in [-0.4, -0.2) is 47.4 Å². The van der Waals surface area contributed by atoms with Crippen molar-refractivity contribution in [2.45, 2.75) is 392 Å². The fourth-order valence-corrected chi connectivity index (χ4v) is 10.8. The van der Waals surface area contributed by atoms with E-state index in [-0.39, 0.29) is 18.5 Å². The van der Waals surface area contributed by atoms with Crippen molar-refractivity contribution in [2.24, 2.45) is 0 Å². The Balaban J connectivity index is 3.43. The second kappa shape index (κ2) is 66.6. The fourth-order valence-electron chi connectivity index (χ4n) is 10.8. The Hall–Kier alpha value is -1.92. The third-order valence-corrected chi connectivity index (χ3v) is 16.2. The van der Waals surface area contributed by atoms with Crippen LogP contribution >= 0.6 is 0 Å². The Kier molecular flexibility index (Phi) is 64.9. The first-order chi connectivity index (χ1) is 38.0. The SMILES string of the molecule is CCCCCC/C=C\C/C=C\CCCCCCCCCC(=O)OCCCCCCCCCCCCCCCCCCCCCC(=O)NC(CO)C(O)/C=C/CCCCCCCCCCCCCCCCCCCCCCC. The molecular formula is C71H135NO5. The molecule has 0 aliphatic heterocycles. The summed E-state index contributed by atoms with van der Waals surface area (Å²) in [6.45, 7) is 4.91. The summed E-state index contributed by atoms with van der Waals surface area (Å²) in [5.41, 5.74) is 0. The smallest absolute Gasteiger partial charge is 0.305 e. The average molecular weight is 1080 g/mol. The second-order valence-corrected chi connectivity index (χ2v) is 23.9. The molecular weight excluding hydrogens is 947 g/mol. The highest BCUT2D eigenvalue weighted by molar-refractivity contribution is 5.76. The molecule has 454 valence electrons. The molecule has 0 aromatic rings. The van der Waals surface area contributed by atoms with Crippen molar-refractivity contribution in [3.63, 3.8) is 0 Å². The number of unbranched alkanes of at least 4 members (excludes halogenated alkanes) is 50. The quantitative estimate of drug-likeness (QED) is 0.0320. The Bertz CT molecular complexity index is 1250. The lowest BCUT2D eigenvalue weighted by atomic mass is 10.0. The van der Waals surface area contributed by atoms with Crippen LogP contribution in [0.4, 0.5) is 0 Å². The van der Waals surface area contributed by atoms with Gasteiger partial charge in [-0.25, -0.2) is 0 Å². The molecule has 6 nitrogen and oxygen atoms in total. The van der Waals surface area contributed by atoms with E-state index in [0.29, 0.717) is 19.4 Å². The van der Waals surface area contributed by atoms with Gasteiger partial charge in [0.25, 0.3) is 0 Å². The highest BCUT2D eigenvalue weighted by Gasteiger charge is 2.18. The predicted molar refractivity (Wildman–Crippen MR) is 338 cm³/mol. The number of nitrogens with one attached hydrogen (secondary N) is 1. The first-order valence-corrected chi connectivity index (χ1v) is 34.8. The maximum absolute atomic E-state index is 12.5. The van der Waals surface area contributed by atoms with Crippen LogP contribution in [0.2, 0.25) is 0 Å². The molecule has 2 unspecified atom stereocenters. The van der Waals surface area contributed by atoms with E-state index in [1.807, 2.05) is 6.08 Å². The van der Waals surface area contributed by atoms with Gasteiger partial charge in [0.1, 0.15) is 0 Å². The van der Waals surface area contributed by atoms with E-state index in [1.165, 1.54) is 302 Å². The number of amides is 1. The third kappa shape index (κ3) is 63.1. The summed E-state index contributed by atoms with van der Waals surface area (Å²) >= 11 is 0. The summed E-state index contributed by atoms with van der Waals surface area (Å²) < 4.78 is 5.50. The first kappa shape index (κ1) is 75.1. The van der Waals surface area contributed by atoms with Gasteiger partial charge in [0.05, 0.1) is 25.4 Å². The lowest BCUT2D eigenvalue weighted by Crippen LogP contribution is -2.45. The zero-order valence-electron chi connectivity index (χ0n) is 52.0. The van der Waals surface area contributed by atoms with E-state index < -0.39 is 12.1 Å². The minimum Gasteiger partial charge on any atom is -0.466 e. The number of hydrogen-bond donors (Lipinski definition) is 3. The number of ether oxygens (including phenoxy) is 1. The van der Waals surface area contributed by atoms with Crippen molar-refractivity contribution in [3.05, 3.63) is 36.5 Å². The lowest BCUT2D eigenvalue weighted by Gasteiger charge is -2.20. The first-order valence-electron chi connectivity index (χ1n) is 34.8. The van der Waals surface area contributed by atoms with Crippen LogP contribution in [0.15, 0.2) is 36.5 Å². The van der Waals surface area contributed by atoms with Crippen molar-refractivity contribution < 1.29 is 24.5 Å². The number of aliphatic hydroxyl groups is 2. The summed E-state index contributed by atoms with van der Waals surface area (Å²) in [5.74, 6) is -0.0656. The topological polar surface area (TPSA) is 95.9 Å². The molecule has 0 aliphatic rings. The summed E-state index contributed by atoms with van der Waals surface area (Å²) in [5, 5.41) is 23.3. The van der Waals surface area contributed by atoms with E-state index in [9.17, 15) is 19.8 Å². The average Bonchev–Trinajstić information content (AvgIpc) is 3.43. The van der Waals surface area contributed by atoms with E-state index in [0.717, 1.165) is 51.4 Å². The largest absolute Gasteiger partial charge is 0.466 e. The molecule has 0 heterocycles. The van der Waals surface area contributed by atoms with E-state index in [4.69, 9.17) is 4.74 Å². The number of rotatable bonds is 65. The standard InChI is InChI=1S/C71H135NO5/c1-3-5-7-9-11-13-15-17-19-21-23-24-25-26-28-31-35-39-43-47-51-55-59-63-69(74)68(67-73)72-70(75)64-60-56-52-48-44-40-36-32-29-27-30-34-38-42-46-50-54-58-62-66-77-71(76)65-61-57-53-49-45-41-37-33-22-20-18-16-14-12-10-8-6-4-2/h14,16,20,22,59,63,68-69,73-74H,3-13,15,17-19,21,23-58,60-62,64-67H2,1-2H3,(H,72,75)/b16-14-,22-20-,63-59+. The molecule has 3 N–H and O–H groups in total. The maximum Gasteiger partial charge on any atom is 0.305 e. The Morgan fingerprint density at radius 2 is 0.649 bits per heavy atom. The maximum atomic E-state index is 12.5. The molecule has 0 aromatic heterocycles. The van der Waals surface area contributed by atoms with Crippen LogP contribution in [0.5, 0.6) is 0 Å². The van der Waals surface area contributed by atoms with Crippen LogP contribution in [0.25, 0.3) is 0 Å². The van der Waals surface area contributed by atoms with E-state index in [1.54, 1.807) is 6.08 Å². The Morgan fingerprint density at radius 3 is 1.00 bits per heavy atom. The van der Waals surface area contributed by atoms with Gasteiger partial charge in [0, 0.05) is 12.8 Å². The molecule has 0 aliphatic carbocycles. The zero-order valence-corrected chi connectivity index (χ0v) is 52.0. The Morgan fingerprint density at radius 1 is 0.364 bits per heavy atom. The lowest BCUT2D eigenvalue weighted by molar-refractivity contribution is -0.143. The van der Waals surface area contributed by atoms with Gasteiger partial charge in [0.2, 0.25) is 5.91 Å². The van der Waals surface area contributed by atoms with Gasteiger partial charge in [-0.3, -0.25) is 9.59 Å². The summed E-state index contributed by atoms with van der Waals surface area (Å²) in [6.07, 6.45) is 84.9. The number of carbonyl (C=O) groups is 2. The highest BCUT2D eigenvalue weighted by Crippen LogP contribution is 2.18. The van der Waals surface area contributed by atoms with Gasteiger partial charge in [-0.1, -0.05) is 339 Å². The molecule has 77 heavy (non-hydrogen) atoms. The number of aliphatic hydroxyl groups excluding tert-OH is 2.